The van der Waals surface area contributed by atoms with Crippen LogP contribution in [-0.2, 0) is 0 Å². The molecule has 0 saturated heterocycles. The van der Waals surface area contributed by atoms with E-state index < -0.39 is 0 Å². The van der Waals surface area contributed by atoms with Crippen LogP contribution in [0.15, 0.2) is 6.07 Å². The number of nitrogen functional groups attached to an aromatic ring is 1. The molecule has 1 aromatic rings. The maximum absolute atomic E-state index is 12.7. The molecular formula is C15H24N2OS. The number of amides is 1. The Hall–Kier alpha value is -1.03. The molecule has 106 valence electrons. The van der Waals surface area contributed by atoms with Crippen LogP contribution in [0.3, 0.4) is 0 Å². The number of rotatable bonds is 4. The van der Waals surface area contributed by atoms with E-state index in [0.29, 0.717) is 12.0 Å². The summed E-state index contributed by atoms with van der Waals surface area (Å²) in [5, 5.41) is 0. The van der Waals surface area contributed by atoms with Gasteiger partial charge in [-0.2, -0.15) is 0 Å². The van der Waals surface area contributed by atoms with Gasteiger partial charge in [0.2, 0.25) is 0 Å². The zero-order valence-corrected chi connectivity index (χ0v) is 12.9. The molecule has 1 amide bonds. The highest BCUT2D eigenvalue weighted by atomic mass is 32.1. The maximum Gasteiger partial charge on any atom is 0.264 e. The second kappa shape index (κ2) is 5.95. The first kappa shape index (κ1) is 14.4. The van der Waals surface area contributed by atoms with Crippen LogP contribution >= 0.6 is 11.3 Å². The molecule has 1 saturated carbocycles. The van der Waals surface area contributed by atoms with E-state index in [1.807, 2.05) is 13.0 Å². The van der Waals surface area contributed by atoms with Crippen LogP contribution < -0.4 is 5.73 Å². The molecule has 4 heteroatoms. The average Bonchev–Trinajstić information content (AvgIpc) is 2.96. The Morgan fingerprint density at radius 2 is 2.11 bits per heavy atom. The highest BCUT2D eigenvalue weighted by molar-refractivity contribution is 7.14. The largest absolute Gasteiger partial charge is 0.398 e. The molecule has 2 rings (SSSR count). The predicted octanol–water partition coefficient (Wildman–Crippen LogP) is 3.68. The Morgan fingerprint density at radius 1 is 1.47 bits per heavy atom. The number of nitrogens with zero attached hydrogens (tertiary/aromatic N) is 1. The summed E-state index contributed by atoms with van der Waals surface area (Å²) in [6.45, 7) is 7.16. The van der Waals surface area contributed by atoms with Gasteiger partial charge in [-0.3, -0.25) is 4.79 Å². The molecule has 1 fully saturated rings. The molecule has 0 aromatic carbocycles. The first-order chi connectivity index (χ1) is 8.99. The quantitative estimate of drug-likeness (QED) is 0.914. The Balaban J connectivity index is 2.19. The fraction of sp³-hybridized carbons (Fsp3) is 0.667. The van der Waals surface area contributed by atoms with E-state index in [1.165, 1.54) is 24.2 Å². The monoisotopic (exact) mass is 280 g/mol. The van der Waals surface area contributed by atoms with Crippen LogP contribution in [0, 0.1) is 12.8 Å². The molecule has 1 aliphatic carbocycles. The molecule has 1 aliphatic rings. The van der Waals surface area contributed by atoms with Crippen LogP contribution in [0.5, 0.6) is 0 Å². The van der Waals surface area contributed by atoms with Crippen LogP contribution in [-0.4, -0.2) is 23.4 Å². The zero-order chi connectivity index (χ0) is 14.0. The minimum atomic E-state index is 0.172. The number of anilines is 1. The van der Waals surface area contributed by atoms with Gasteiger partial charge in [-0.15, -0.1) is 11.3 Å². The molecule has 0 unspecified atom stereocenters. The lowest BCUT2D eigenvalue weighted by atomic mass is 10.1. The maximum atomic E-state index is 12.7. The van der Waals surface area contributed by atoms with Gasteiger partial charge in [0.05, 0.1) is 4.88 Å². The number of hydrogen-bond acceptors (Lipinski definition) is 3. The van der Waals surface area contributed by atoms with Crippen molar-refractivity contribution >= 4 is 22.9 Å². The van der Waals surface area contributed by atoms with Gasteiger partial charge < -0.3 is 10.6 Å². The molecule has 3 nitrogen and oxygen atoms in total. The van der Waals surface area contributed by atoms with E-state index in [0.717, 1.165) is 34.8 Å². The van der Waals surface area contributed by atoms with Crippen molar-refractivity contribution in [2.45, 2.75) is 52.5 Å². The van der Waals surface area contributed by atoms with E-state index in [-0.39, 0.29) is 5.91 Å². The van der Waals surface area contributed by atoms with Crippen molar-refractivity contribution in [1.82, 2.24) is 4.90 Å². The lowest BCUT2D eigenvalue weighted by molar-refractivity contribution is 0.0660. The lowest BCUT2D eigenvalue weighted by Crippen LogP contribution is -2.40. The summed E-state index contributed by atoms with van der Waals surface area (Å²) < 4.78 is 0. The van der Waals surface area contributed by atoms with Crippen LogP contribution in [0.4, 0.5) is 5.69 Å². The minimum Gasteiger partial charge on any atom is -0.398 e. The average molecular weight is 280 g/mol. The van der Waals surface area contributed by atoms with Crippen molar-refractivity contribution < 1.29 is 4.79 Å². The van der Waals surface area contributed by atoms with E-state index in [4.69, 9.17) is 5.73 Å². The minimum absolute atomic E-state index is 0.172. The Labute approximate surface area is 119 Å². The highest BCUT2D eigenvalue weighted by Crippen LogP contribution is 2.29. The third-order valence-corrected chi connectivity index (χ3v) is 4.81. The van der Waals surface area contributed by atoms with Crippen molar-refractivity contribution in [3.8, 4) is 0 Å². The van der Waals surface area contributed by atoms with Gasteiger partial charge in [0.25, 0.3) is 5.91 Å². The van der Waals surface area contributed by atoms with Gasteiger partial charge in [0.15, 0.2) is 0 Å². The van der Waals surface area contributed by atoms with Crippen LogP contribution in [0.1, 0.15) is 54.1 Å². The number of carbonyl (C=O) groups is 1. The third kappa shape index (κ3) is 3.30. The fourth-order valence-electron chi connectivity index (χ4n) is 2.75. The molecule has 0 radical (unpaired) electrons. The molecule has 2 N–H and O–H groups in total. The summed E-state index contributed by atoms with van der Waals surface area (Å²) in [5.41, 5.74) is 6.61. The molecular weight excluding hydrogens is 256 g/mol. The summed E-state index contributed by atoms with van der Waals surface area (Å²) in [6.07, 6.45) is 4.80. The molecule has 0 atom stereocenters. The summed E-state index contributed by atoms with van der Waals surface area (Å²) in [6, 6.07) is 2.27. The molecule has 1 heterocycles. The van der Waals surface area contributed by atoms with Crippen molar-refractivity contribution in [3.05, 3.63) is 15.8 Å². The summed E-state index contributed by atoms with van der Waals surface area (Å²) >= 11 is 1.52. The first-order valence-electron chi connectivity index (χ1n) is 7.16. The smallest absolute Gasteiger partial charge is 0.264 e. The Morgan fingerprint density at radius 3 is 2.58 bits per heavy atom. The van der Waals surface area contributed by atoms with Gasteiger partial charge in [0, 0.05) is 23.2 Å². The molecule has 19 heavy (non-hydrogen) atoms. The van der Waals surface area contributed by atoms with Gasteiger partial charge in [-0.05, 0) is 31.7 Å². The van der Waals surface area contributed by atoms with Gasteiger partial charge in [0.1, 0.15) is 0 Å². The van der Waals surface area contributed by atoms with Crippen molar-refractivity contribution in [3.63, 3.8) is 0 Å². The third-order valence-electron chi connectivity index (χ3n) is 3.76. The normalized spacial score (nSPS) is 16.2. The second-order valence-electron chi connectivity index (χ2n) is 5.91. The van der Waals surface area contributed by atoms with Crippen LogP contribution in [0.2, 0.25) is 0 Å². The van der Waals surface area contributed by atoms with Crippen molar-refractivity contribution in [2.24, 2.45) is 5.92 Å². The topological polar surface area (TPSA) is 46.3 Å². The Bertz CT molecular complexity index is 427. The van der Waals surface area contributed by atoms with Gasteiger partial charge in [-0.25, -0.2) is 0 Å². The lowest BCUT2D eigenvalue weighted by Gasteiger charge is -2.30. The summed E-state index contributed by atoms with van der Waals surface area (Å²) in [5.74, 6) is 0.674. The van der Waals surface area contributed by atoms with E-state index >= 15 is 0 Å². The van der Waals surface area contributed by atoms with Gasteiger partial charge in [-0.1, -0.05) is 26.7 Å². The van der Waals surface area contributed by atoms with E-state index in [9.17, 15) is 4.79 Å². The van der Waals surface area contributed by atoms with Crippen LogP contribution in [0.25, 0.3) is 0 Å². The highest BCUT2D eigenvalue weighted by Gasteiger charge is 2.28. The Kier molecular flexibility index (Phi) is 4.50. The first-order valence-corrected chi connectivity index (χ1v) is 7.97. The summed E-state index contributed by atoms with van der Waals surface area (Å²) in [7, 11) is 0. The molecule has 0 bridgehead atoms. The fourth-order valence-corrected chi connectivity index (χ4v) is 3.65. The number of aryl methyl sites for hydroxylation is 1. The summed E-state index contributed by atoms with van der Waals surface area (Å²) in [4.78, 5) is 16.6. The molecule has 1 aromatic heterocycles. The SMILES string of the molecule is Cc1sc(C(=O)N(CC(C)C)C2CCCC2)cc1N. The molecule has 0 spiro atoms. The predicted molar refractivity (Wildman–Crippen MR) is 81.6 cm³/mol. The van der Waals surface area contributed by atoms with Gasteiger partial charge >= 0.3 is 0 Å². The van der Waals surface area contributed by atoms with Crippen molar-refractivity contribution in [2.75, 3.05) is 12.3 Å². The van der Waals surface area contributed by atoms with E-state index in [2.05, 4.69) is 18.7 Å². The number of thiophene rings is 1. The zero-order valence-electron chi connectivity index (χ0n) is 12.1. The number of carbonyl (C=O) groups excluding carboxylic acids is 1. The standard InChI is InChI=1S/C15H24N2OS/c1-10(2)9-17(12-6-4-5-7-12)15(18)14-8-13(16)11(3)19-14/h8,10,12H,4-7,9,16H2,1-3H3. The molecule has 0 aliphatic heterocycles. The van der Waals surface area contributed by atoms with E-state index in [1.54, 1.807) is 0 Å². The van der Waals surface area contributed by atoms with Crippen molar-refractivity contribution in [1.29, 1.82) is 0 Å². The number of hydrogen-bond donors (Lipinski definition) is 1. The second-order valence-corrected chi connectivity index (χ2v) is 7.17. The number of nitrogens with two attached hydrogens (primary N) is 1.